The van der Waals surface area contributed by atoms with Crippen molar-refractivity contribution in [2.24, 2.45) is 5.73 Å². The molecular formula is C14H22ClN3O. The van der Waals surface area contributed by atoms with Crippen molar-refractivity contribution < 1.29 is 4.79 Å². The molecule has 0 aliphatic carbocycles. The number of anilines is 1. The average Bonchev–Trinajstić information content (AvgIpc) is 2.34. The van der Waals surface area contributed by atoms with Crippen LogP contribution in [0.2, 0.25) is 5.02 Å². The molecule has 4 nitrogen and oxygen atoms in total. The molecule has 0 unspecified atom stereocenters. The van der Waals surface area contributed by atoms with Crippen LogP contribution in [-0.4, -0.2) is 25.0 Å². The van der Waals surface area contributed by atoms with E-state index in [-0.39, 0.29) is 18.5 Å². The van der Waals surface area contributed by atoms with Gasteiger partial charge < -0.3 is 16.0 Å². The molecular weight excluding hydrogens is 262 g/mol. The molecule has 0 spiro atoms. The van der Waals surface area contributed by atoms with E-state index in [1.165, 1.54) is 0 Å². The summed E-state index contributed by atoms with van der Waals surface area (Å²) in [7, 11) is 0. The number of carbonyl (C=O) groups excluding carboxylic acids is 1. The quantitative estimate of drug-likeness (QED) is 0.806. The van der Waals surface area contributed by atoms with E-state index in [1.54, 1.807) is 0 Å². The van der Waals surface area contributed by atoms with Crippen LogP contribution in [0.5, 0.6) is 0 Å². The minimum absolute atomic E-state index is 0.173. The van der Waals surface area contributed by atoms with Gasteiger partial charge in [0.2, 0.25) is 5.91 Å². The third kappa shape index (κ3) is 4.40. The van der Waals surface area contributed by atoms with Crippen molar-refractivity contribution in [3.8, 4) is 0 Å². The Bertz CT molecular complexity index is 435. The Kier molecular flexibility index (Phi) is 6.12. The second-order valence-corrected chi connectivity index (χ2v) is 5.11. The molecule has 0 heterocycles. The maximum atomic E-state index is 11.2. The van der Waals surface area contributed by atoms with Gasteiger partial charge in [-0.1, -0.05) is 24.6 Å². The highest BCUT2D eigenvalue weighted by atomic mass is 35.5. The number of hydrogen-bond acceptors (Lipinski definition) is 3. The average molecular weight is 284 g/mol. The van der Waals surface area contributed by atoms with E-state index in [0.29, 0.717) is 11.6 Å². The summed E-state index contributed by atoms with van der Waals surface area (Å²) in [4.78, 5) is 13.2. The van der Waals surface area contributed by atoms with Crippen LogP contribution in [0.3, 0.4) is 0 Å². The number of nitrogens with one attached hydrogen (secondary N) is 1. The van der Waals surface area contributed by atoms with Crippen LogP contribution in [0.4, 0.5) is 5.69 Å². The summed E-state index contributed by atoms with van der Waals surface area (Å²) in [5, 5.41) is 3.97. The van der Waals surface area contributed by atoms with Gasteiger partial charge in [-0.15, -0.1) is 0 Å². The summed E-state index contributed by atoms with van der Waals surface area (Å²) in [6.45, 7) is 7.83. The second kappa shape index (κ2) is 7.36. The fraction of sp³-hybridized carbons (Fsp3) is 0.500. The van der Waals surface area contributed by atoms with E-state index in [0.717, 1.165) is 17.8 Å². The Hall–Kier alpha value is -1.26. The summed E-state index contributed by atoms with van der Waals surface area (Å²) in [6, 6.07) is 5.90. The van der Waals surface area contributed by atoms with Gasteiger partial charge >= 0.3 is 0 Å². The number of carbonyl (C=O) groups is 1. The lowest BCUT2D eigenvalue weighted by atomic mass is 10.1. The van der Waals surface area contributed by atoms with Gasteiger partial charge in [-0.2, -0.15) is 0 Å². The molecule has 0 bridgehead atoms. The molecule has 0 saturated heterocycles. The van der Waals surface area contributed by atoms with E-state index in [4.69, 9.17) is 17.3 Å². The summed E-state index contributed by atoms with van der Waals surface area (Å²) >= 11 is 6.27. The summed E-state index contributed by atoms with van der Waals surface area (Å²) in [6.07, 6.45) is 0. The minimum Gasteiger partial charge on any atom is -0.368 e. The number of halogens is 1. The first-order valence-corrected chi connectivity index (χ1v) is 6.88. The van der Waals surface area contributed by atoms with Gasteiger partial charge in [-0.25, -0.2) is 0 Å². The number of primary amides is 1. The van der Waals surface area contributed by atoms with Crippen LogP contribution < -0.4 is 16.0 Å². The molecule has 0 atom stereocenters. The molecule has 3 N–H and O–H groups in total. The normalized spacial score (nSPS) is 10.8. The van der Waals surface area contributed by atoms with Crippen LogP contribution in [0.1, 0.15) is 26.3 Å². The van der Waals surface area contributed by atoms with Gasteiger partial charge in [0.15, 0.2) is 0 Å². The number of rotatable bonds is 7. The van der Waals surface area contributed by atoms with Crippen molar-refractivity contribution in [1.82, 2.24) is 5.32 Å². The predicted molar refractivity (Wildman–Crippen MR) is 80.5 cm³/mol. The molecule has 5 heteroatoms. The maximum absolute atomic E-state index is 11.2. The van der Waals surface area contributed by atoms with Gasteiger partial charge in [0, 0.05) is 28.9 Å². The SMILES string of the molecule is CCNCc1c(Cl)cccc1N(CC(N)=O)C(C)C. The lowest BCUT2D eigenvalue weighted by Gasteiger charge is -2.30. The number of nitrogens with two attached hydrogens (primary N) is 1. The Morgan fingerprint density at radius 3 is 2.68 bits per heavy atom. The van der Waals surface area contributed by atoms with Gasteiger partial charge in [-0.3, -0.25) is 4.79 Å². The molecule has 1 aromatic carbocycles. The van der Waals surface area contributed by atoms with E-state index < -0.39 is 0 Å². The zero-order valence-corrected chi connectivity index (χ0v) is 12.5. The molecule has 1 aromatic rings. The smallest absolute Gasteiger partial charge is 0.236 e. The highest BCUT2D eigenvalue weighted by Gasteiger charge is 2.17. The molecule has 1 amide bonds. The number of nitrogens with zero attached hydrogens (tertiary/aromatic N) is 1. The van der Waals surface area contributed by atoms with Gasteiger partial charge in [0.1, 0.15) is 0 Å². The maximum Gasteiger partial charge on any atom is 0.236 e. The van der Waals surface area contributed by atoms with E-state index in [2.05, 4.69) is 5.32 Å². The molecule has 0 aliphatic heterocycles. The van der Waals surface area contributed by atoms with Crippen LogP contribution >= 0.6 is 11.6 Å². The van der Waals surface area contributed by atoms with Gasteiger partial charge in [-0.05, 0) is 32.5 Å². The molecule has 0 fully saturated rings. The first-order valence-electron chi connectivity index (χ1n) is 6.50. The highest BCUT2D eigenvalue weighted by Crippen LogP contribution is 2.28. The fourth-order valence-electron chi connectivity index (χ4n) is 1.96. The Morgan fingerprint density at radius 1 is 1.47 bits per heavy atom. The summed E-state index contributed by atoms with van der Waals surface area (Å²) in [5.41, 5.74) is 7.29. The molecule has 0 aromatic heterocycles. The van der Waals surface area contributed by atoms with Gasteiger partial charge in [0.25, 0.3) is 0 Å². The summed E-state index contributed by atoms with van der Waals surface area (Å²) < 4.78 is 0. The Labute approximate surface area is 119 Å². The third-order valence-electron chi connectivity index (χ3n) is 2.90. The van der Waals surface area contributed by atoms with Crippen molar-refractivity contribution >= 4 is 23.2 Å². The van der Waals surface area contributed by atoms with Crippen LogP contribution in [-0.2, 0) is 11.3 Å². The zero-order chi connectivity index (χ0) is 14.4. The first kappa shape index (κ1) is 15.8. The Balaban J connectivity index is 3.13. The fourth-order valence-corrected chi connectivity index (χ4v) is 2.19. The highest BCUT2D eigenvalue weighted by molar-refractivity contribution is 6.31. The summed E-state index contributed by atoms with van der Waals surface area (Å²) in [5.74, 6) is -0.344. The van der Waals surface area contributed by atoms with Crippen LogP contribution in [0.25, 0.3) is 0 Å². The largest absolute Gasteiger partial charge is 0.368 e. The monoisotopic (exact) mass is 283 g/mol. The Morgan fingerprint density at radius 2 is 2.16 bits per heavy atom. The van der Waals surface area contributed by atoms with Crippen molar-refractivity contribution in [3.63, 3.8) is 0 Å². The molecule has 106 valence electrons. The number of hydrogen-bond donors (Lipinski definition) is 2. The topological polar surface area (TPSA) is 58.4 Å². The van der Waals surface area contributed by atoms with Crippen molar-refractivity contribution in [3.05, 3.63) is 28.8 Å². The van der Waals surface area contributed by atoms with Crippen molar-refractivity contribution in [1.29, 1.82) is 0 Å². The van der Waals surface area contributed by atoms with Crippen molar-refractivity contribution in [2.75, 3.05) is 18.0 Å². The molecule has 0 aliphatic rings. The van der Waals surface area contributed by atoms with Crippen LogP contribution in [0, 0.1) is 0 Å². The lowest BCUT2D eigenvalue weighted by molar-refractivity contribution is -0.116. The second-order valence-electron chi connectivity index (χ2n) is 4.71. The molecule has 1 rings (SSSR count). The molecule has 0 radical (unpaired) electrons. The standard InChI is InChI=1S/C14H22ClN3O/c1-4-17-8-11-12(15)6-5-7-13(11)18(10(2)3)9-14(16)19/h5-7,10,17H,4,8-9H2,1-3H3,(H2,16,19). The van der Waals surface area contributed by atoms with Gasteiger partial charge in [0.05, 0.1) is 6.54 Å². The van der Waals surface area contributed by atoms with Crippen LogP contribution in [0.15, 0.2) is 18.2 Å². The molecule has 0 saturated carbocycles. The lowest BCUT2D eigenvalue weighted by Crippen LogP contribution is -2.39. The van der Waals surface area contributed by atoms with E-state index in [9.17, 15) is 4.79 Å². The van der Waals surface area contributed by atoms with Crippen molar-refractivity contribution in [2.45, 2.75) is 33.4 Å². The predicted octanol–water partition coefficient (Wildman–Crippen LogP) is 2.15. The third-order valence-corrected chi connectivity index (χ3v) is 3.26. The first-order chi connectivity index (χ1) is 8.97. The number of benzene rings is 1. The van der Waals surface area contributed by atoms with E-state index >= 15 is 0 Å². The zero-order valence-electron chi connectivity index (χ0n) is 11.7. The molecule has 19 heavy (non-hydrogen) atoms. The van der Waals surface area contributed by atoms with E-state index in [1.807, 2.05) is 43.9 Å². The number of amides is 1. The minimum atomic E-state index is -0.344.